The van der Waals surface area contributed by atoms with Crippen molar-refractivity contribution in [3.05, 3.63) is 40.9 Å². The number of rotatable bonds is 6. The number of aromatic nitrogens is 1. The third-order valence-corrected chi connectivity index (χ3v) is 4.18. The number of hydrogen-bond donors (Lipinski definition) is 2. The number of amides is 1. The van der Waals surface area contributed by atoms with Gasteiger partial charge in [-0.05, 0) is 30.5 Å². The van der Waals surface area contributed by atoms with E-state index in [4.69, 9.17) is 0 Å². The summed E-state index contributed by atoms with van der Waals surface area (Å²) in [5.74, 6) is -1.90. The quantitative estimate of drug-likeness (QED) is 0.849. The smallest absolute Gasteiger partial charge is 0.263 e. The Kier molecular flexibility index (Phi) is 5.79. The fraction of sp³-hybridized carbons (Fsp3) is 0.375. The minimum absolute atomic E-state index is 0.162. The third-order valence-electron chi connectivity index (χ3n) is 3.14. The highest BCUT2D eigenvalue weighted by Gasteiger charge is 2.15. The molecule has 0 spiro atoms. The number of hydrogen-bond acceptors (Lipinski definition) is 4. The first-order valence-corrected chi connectivity index (χ1v) is 8.06. The van der Waals surface area contributed by atoms with E-state index in [1.54, 1.807) is 0 Å². The van der Waals surface area contributed by atoms with E-state index in [2.05, 4.69) is 10.3 Å². The summed E-state index contributed by atoms with van der Waals surface area (Å²) in [5, 5.41) is 12.8. The molecule has 0 aliphatic rings. The van der Waals surface area contributed by atoms with Crippen LogP contribution < -0.4 is 5.32 Å². The molecule has 2 N–H and O–H groups in total. The van der Waals surface area contributed by atoms with E-state index >= 15 is 0 Å². The van der Waals surface area contributed by atoms with Gasteiger partial charge in [-0.2, -0.15) is 0 Å². The Balaban J connectivity index is 2.01. The zero-order chi connectivity index (χ0) is 17.0. The zero-order valence-electron chi connectivity index (χ0n) is 12.8. The molecule has 1 heterocycles. The van der Waals surface area contributed by atoms with Crippen LogP contribution in [0.1, 0.15) is 29.9 Å². The second kappa shape index (κ2) is 7.61. The fourth-order valence-corrected chi connectivity index (χ4v) is 2.90. The van der Waals surface area contributed by atoms with Gasteiger partial charge >= 0.3 is 0 Å². The molecule has 0 saturated heterocycles. The lowest BCUT2D eigenvalue weighted by molar-refractivity contribution is 0.0904. The maximum Gasteiger partial charge on any atom is 0.263 e. The monoisotopic (exact) mass is 340 g/mol. The number of carbonyl (C=O) groups excluding carboxylic acids is 1. The molecule has 1 aromatic carbocycles. The van der Waals surface area contributed by atoms with Gasteiger partial charge in [-0.1, -0.05) is 13.8 Å². The standard InChI is InChI=1S/C16H18F2N2O2S/c1-9(2)5-11(21)7-19-15(22)14-8-20-16(23-14)10-3-4-12(17)13(18)6-10/h3-4,6,8-9,11,21H,5,7H2,1-2H3,(H,19,22). The van der Waals surface area contributed by atoms with E-state index in [1.807, 2.05) is 13.8 Å². The van der Waals surface area contributed by atoms with Crippen LogP contribution in [0.5, 0.6) is 0 Å². The van der Waals surface area contributed by atoms with Crippen molar-refractivity contribution in [1.29, 1.82) is 0 Å². The van der Waals surface area contributed by atoms with Crippen LogP contribution in [0.15, 0.2) is 24.4 Å². The third kappa shape index (κ3) is 4.80. The predicted octanol–water partition coefficient (Wildman–Crippen LogP) is 3.23. The van der Waals surface area contributed by atoms with Gasteiger partial charge in [0.1, 0.15) is 9.88 Å². The van der Waals surface area contributed by atoms with Crippen LogP contribution in [0.4, 0.5) is 8.78 Å². The van der Waals surface area contributed by atoms with Crippen molar-refractivity contribution in [1.82, 2.24) is 10.3 Å². The van der Waals surface area contributed by atoms with Crippen molar-refractivity contribution in [3.8, 4) is 10.6 Å². The van der Waals surface area contributed by atoms with E-state index in [1.165, 1.54) is 12.3 Å². The summed E-state index contributed by atoms with van der Waals surface area (Å²) in [7, 11) is 0. The molecule has 1 atom stereocenters. The minimum Gasteiger partial charge on any atom is -0.391 e. The molecular formula is C16H18F2N2O2S. The lowest BCUT2D eigenvalue weighted by atomic mass is 10.1. The number of carbonyl (C=O) groups is 1. The van der Waals surface area contributed by atoms with Gasteiger partial charge in [-0.3, -0.25) is 4.79 Å². The first-order chi connectivity index (χ1) is 10.9. The van der Waals surface area contributed by atoms with Gasteiger partial charge in [0, 0.05) is 12.1 Å². The summed E-state index contributed by atoms with van der Waals surface area (Å²) in [6.45, 7) is 4.14. The molecule has 1 aromatic heterocycles. The molecule has 7 heteroatoms. The number of benzene rings is 1. The zero-order valence-corrected chi connectivity index (χ0v) is 13.7. The van der Waals surface area contributed by atoms with Crippen LogP contribution in [0, 0.1) is 17.6 Å². The maximum atomic E-state index is 13.2. The number of aliphatic hydroxyl groups excluding tert-OH is 1. The van der Waals surface area contributed by atoms with Gasteiger partial charge in [0.15, 0.2) is 11.6 Å². The van der Waals surface area contributed by atoms with E-state index in [0.717, 1.165) is 23.5 Å². The molecule has 0 aliphatic carbocycles. The number of aliphatic hydroxyl groups is 1. The van der Waals surface area contributed by atoms with Crippen molar-refractivity contribution < 1.29 is 18.7 Å². The van der Waals surface area contributed by atoms with E-state index < -0.39 is 17.7 Å². The van der Waals surface area contributed by atoms with Crippen molar-refractivity contribution in [2.24, 2.45) is 5.92 Å². The molecule has 0 saturated carbocycles. The van der Waals surface area contributed by atoms with Gasteiger partial charge in [-0.25, -0.2) is 13.8 Å². The Bertz CT molecular complexity index is 688. The molecule has 2 aromatic rings. The van der Waals surface area contributed by atoms with Gasteiger partial charge in [0.05, 0.1) is 12.3 Å². The highest BCUT2D eigenvalue weighted by molar-refractivity contribution is 7.16. The van der Waals surface area contributed by atoms with E-state index in [9.17, 15) is 18.7 Å². The number of nitrogens with one attached hydrogen (secondary N) is 1. The molecule has 0 radical (unpaired) electrons. The topological polar surface area (TPSA) is 62.2 Å². The Morgan fingerprint density at radius 3 is 2.74 bits per heavy atom. The van der Waals surface area contributed by atoms with Gasteiger partial charge in [-0.15, -0.1) is 11.3 Å². The molecule has 0 bridgehead atoms. The first kappa shape index (κ1) is 17.5. The number of halogens is 2. The van der Waals surface area contributed by atoms with Crippen LogP contribution >= 0.6 is 11.3 Å². The lowest BCUT2D eigenvalue weighted by Crippen LogP contribution is -2.32. The molecule has 124 valence electrons. The second-order valence-corrected chi connectivity index (χ2v) is 6.68. The number of thiazole rings is 1. The predicted molar refractivity (Wildman–Crippen MR) is 85.3 cm³/mol. The molecule has 1 unspecified atom stereocenters. The molecule has 0 aliphatic heterocycles. The van der Waals surface area contributed by atoms with Crippen LogP contribution in [0.3, 0.4) is 0 Å². The fourth-order valence-electron chi connectivity index (χ4n) is 2.07. The summed E-state index contributed by atoms with van der Waals surface area (Å²) < 4.78 is 26.2. The molecule has 2 rings (SSSR count). The Hall–Kier alpha value is -1.86. The maximum absolute atomic E-state index is 13.2. The summed E-state index contributed by atoms with van der Waals surface area (Å²) in [6.07, 6.45) is 1.38. The summed E-state index contributed by atoms with van der Waals surface area (Å²) in [6, 6.07) is 3.47. The molecule has 23 heavy (non-hydrogen) atoms. The number of nitrogens with zero attached hydrogens (tertiary/aromatic N) is 1. The largest absolute Gasteiger partial charge is 0.391 e. The van der Waals surface area contributed by atoms with Crippen molar-refractivity contribution in [2.45, 2.75) is 26.4 Å². The highest BCUT2D eigenvalue weighted by Crippen LogP contribution is 2.26. The average molecular weight is 340 g/mol. The Morgan fingerprint density at radius 1 is 1.35 bits per heavy atom. The van der Waals surface area contributed by atoms with Gasteiger partial charge in [0.25, 0.3) is 5.91 Å². The highest BCUT2D eigenvalue weighted by atomic mass is 32.1. The summed E-state index contributed by atoms with van der Waals surface area (Å²) in [5.41, 5.74) is 0.410. The van der Waals surface area contributed by atoms with Crippen LogP contribution in [0.25, 0.3) is 10.6 Å². The molecular weight excluding hydrogens is 322 g/mol. The molecule has 4 nitrogen and oxygen atoms in total. The average Bonchev–Trinajstić information content (AvgIpc) is 2.97. The minimum atomic E-state index is -0.958. The van der Waals surface area contributed by atoms with Crippen LogP contribution in [-0.2, 0) is 0 Å². The van der Waals surface area contributed by atoms with Crippen molar-refractivity contribution in [2.75, 3.05) is 6.54 Å². The lowest BCUT2D eigenvalue weighted by Gasteiger charge is -2.13. The summed E-state index contributed by atoms with van der Waals surface area (Å²) in [4.78, 5) is 16.4. The van der Waals surface area contributed by atoms with Crippen molar-refractivity contribution >= 4 is 17.2 Å². The Morgan fingerprint density at radius 2 is 2.09 bits per heavy atom. The molecule has 1 amide bonds. The van der Waals surface area contributed by atoms with Crippen LogP contribution in [-0.4, -0.2) is 28.6 Å². The summed E-state index contributed by atoms with van der Waals surface area (Å²) >= 11 is 1.08. The molecule has 0 fully saturated rings. The van der Waals surface area contributed by atoms with Crippen LogP contribution in [0.2, 0.25) is 0 Å². The second-order valence-electron chi connectivity index (χ2n) is 5.65. The SMILES string of the molecule is CC(C)CC(O)CNC(=O)c1cnc(-c2ccc(F)c(F)c2)s1. The first-order valence-electron chi connectivity index (χ1n) is 7.24. The Labute approximate surface area is 137 Å². The van der Waals surface area contributed by atoms with E-state index in [-0.39, 0.29) is 12.5 Å². The normalized spacial score (nSPS) is 12.4. The van der Waals surface area contributed by atoms with Gasteiger partial charge in [0.2, 0.25) is 0 Å². The van der Waals surface area contributed by atoms with Gasteiger partial charge < -0.3 is 10.4 Å². The van der Waals surface area contributed by atoms with Crippen molar-refractivity contribution in [3.63, 3.8) is 0 Å². The van der Waals surface area contributed by atoms with E-state index in [0.29, 0.717) is 27.8 Å².